The first-order valence-corrected chi connectivity index (χ1v) is 9.90. The minimum atomic E-state index is -0.156. The predicted molar refractivity (Wildman–Crippen MR) is 118 cm³/mol. The number of nitrogens with zero attached hydrogens (tertiary/aromatic N) is 2. The van der Waals surface area contributed by atoms with Gasteiger partial charge in [0.05, 0.1) is 18.8 Å². The number of hydrogen-bond donors (Lipinski definition) is 2. The van der Waals surface area contributed by atoms with Gasteiger partial charge in [0.2, 0.25) is 0 Å². The fraction of sp³-hybridized carbons (Fsp3) is 0.474. The van der Waals surface area contributed by atoms with Gasteiger partial charge in [0, 0.05) is 31.6 Å². The van der Waals surface area contributed by atoms with Gasteiger partial charge in [-0.1, -0.05) is 37.3 Å². The van der Waals surface area contributed by atoms with E-state index in [-0.39, 0.29) is 42.9 Å². The van der Waals surface area contributed by atoms with Crippen LogP contribution in [0.5, 0.6) is 0 Å². The van der Waals surface area contributed by atoms with Gasteiger partial charge in [-0.3, -0.25) is 9.69 Å². The zero-order chi connectivity index (χ0) is 18.4. The van der Waals surface area contributed by atoms with Crippen LogP contribution in [0.3, 0.4) is 0 Å². The third-order valence-corrected chi connectivity index (χ3v) is 5.46. The number of benzene rings is 1. The first-order chi connectivity index (χ1) is 12.7. The van der Waals surface area contributed by atoms with Crippen LogP contribution in [-0.4, -0.2) is 47.6 Å². The second kappa shape index (κ2) is 12.4. The van der Waals surface area contributed by atoms with Crippen molar-refractivity contribution in [3.05, 3.63) is 52.0 Å². The molecule has 0 aliphatic carbocycles. The molecule has 1 fully saturated rings. The lowest BCUT2D eigenvalue weighted by molar-refractivity contribution is -0.0483. The number of aromatic nitrogens is 1. The summed E-state index contributed by atoms with van der Waals surface area (Å²) in [6.45, 7) is 5.71. The fourth-order valence-electron chi connectivity index (χ4n) is 3.17. The van der Waals surface area contributed by atoms with Gasteiger partial charge >= 0.3 is 0 Å². The standard InChI is InChI=1S/C19H26N4O2S.2ClH/c1-2-15(22-19(24)16-13-26-18(10-20)21-16)17-12-23(8-9-25-17)11-14-6-4-3-5-7-14;;/h3-7,13,15,17H,2,8-12,20H2,1H3,(H,22,24);2*1H. The highest BCUT2D eigenvalue weighted by molar-refractivity contribution is 7.09. The fourth-order valence-corrected chi connectivity index (χ4v) is 3.82. The van der Waals surface area contributed by atoms with Crippen LogP contribution in [0.25, 0.3) is 0 Å². The van der Waals surface area contributed by atoms with Crippen molar-refractivity contribution >= 4 is 42.1 Å². The Balaban J connectivity index is 0.00000196. The molecule has 156 valence electrons. The van der Waals surface area contributed by atoms with E-state index in [2.05, 4.69) is 46.4 Å². The number of nitrogens with one attached hydrogen (secondary N) is 1. The first kappa shape index (κ1) is 24.8. The molecule has 0 radical (unpaired) electrons. The highest BCUT2D eigenvalue weighted by Gasteiger charge is 2.29. The Labute approximate surface area is 182 Å². The Morgan fingerprint density at radius 3 is 2.79 bits per heavy atom. The minimum Gasteiger partial charge on any atom is -0.373 e. The summed E-state index contributed by atoms with van der Waals surface area (Å²) in [5.41, 5.74) is 7.31. The van der Waals surface area contributed by atoms with Crippen LogP contribution in [0.4, 0.5) is 0 Å². The number of nitrogens with two attached hydrogens (primary N) is 1. The van der Waals surface area contributed by atoms with E-state index in [0.717, 1.165) is 31.1 Å². The van der Waals surface area contributed by atoms with Crippen LogP contribution in [-0.2, 0) is 17.8 Å². The highest BCUT2D eigenvalue weighted by atomic mass is 35.5. The normalized spacial score (nSPS) is 17.9. The number of thiazole rings is 1. The summed E-state index contributed by atoms with van der Waals surface area (Å²) >= 11 is 1.41. The van der Waals surface area contributed by atoms with Crippen molar-refractivity contribution in [3.63, 3.8) is 0 Å². The number of morpholine rings is 1. The molecule has 1 saturated heterocycles. The smallest absolute Gasteiger partial charge is 0.271 e. The zero-order valence-corrected chi connectivity index (χ0v) is 18.3. The molecule has 0 spiro atoms. The van der Waals surface area contributed by atoms with Crippen molar-refractivity contribution in [1.82, 2.24) is 15.2 Å². The summed E-state index contributed by atoms with van der Waals surface area (Å²) < 4.78 is 5.97. The molecule has 2 atom stereocenters. The molecular formula is C19H28Cl2N4O2S. The Kier molecular flexibility index (Phi) is 11.0. The summed E-state index contributed by atoms with van der Waals surface area (Å²) in [6, 6.07) is 10.4. The number of hydrogen-bond acceptors (Lipinski definition) is 6. The van der Waals surface area contributed by atoms with E-state index in [9.17, 15) is 4.79 Å². The zero-order valence-electron chi connectivity index (χ0n) is 15.9. The third kappa shape index (κ3) is 6.69. The summed E-state index contributed by atoms with van der Waals surface area (Å²) in [4.78, 5) is 19.1. The van der Waals surface area contributed by atoms with Gasteiger partial charge in [0.1, 0.15) is 10.7 Å². The Morgan fingerprint density at radius 2 is 2.14 bits per heavy atom. The van der Waals surface area contributed by atoms with E-state index in [1.165, 1.54) is 16.9 Å². The number of carbonyl (C=O) groups is 1. The number of rotatable bonds is 7. The molecule has 0 bridgehead atoms. The number of ether oxygens (including phenoxy) is 1. The molecule has 1 amide bonds. The minimum absolute atomic E-state index is 0. The van der Waals surface area contributed by atoms with E-state index in [1.54, 1.807) is 5.38 Å². The second-order valence-electron chi connectivity index (χ2n) is 6.45. The molecule has 1 aromatic heterocycles. The van der Waals surface area contributed by atoms with E-state index in [4.69, 9.17) is 10.5 Å². The summed E-state index contributed by atoms with van der Waals surface area (Å²) in [7, 11) is 0. The monoisotopic (exact) mass is 446 g/mol. The van der Waals surface area contributed by atoms with Gasteiger partial charge in [0.15, 0.2) is 0 Å². The largest absolute Gasteiger partial charge is 0.373 e. The Bertz CT molecular complexity index is 717. The lowest BCUT2D eigenvalue weighted by atomic mass is 10.1. The molecule has 1 aromatic carbocycles. The lowest BCUT2D eigenvalue weighted by Gasteiger charge is -2.37. The van der Waals surface area contributed by atoms with Crippen LogP contribution in [0.1, 0.15) is 34.4 Å². The molecule has 2 aromatic rings. The van der Waals surface area contributed by atoms with E-state index < -0.39 is 0 Å². The van der Waals surface area contributed by atoms with Crippen LogP contribution < -0.4 is 11.1 Å². The summed E-state index contributed by atoms with van der Waals surface area (Å²) in [5.74, 6) is -0.156. The maximum atomic E-state index is 12.5. The van der Waals surface area contributed by atoms with Crippen LogP contribution in [0, 0.1) is 0 Å². The Hall–Kier alpha value is -1.22. The van der Waals surface area contributed by atoms with Crippen molar-refractivity contribution in [3.8, 4) is 0 Å². The van der Waals surface area contributed by atoms with Crippen molar-refractivity contribution in [2.45, 2.75) is 38.6 Å². The number of amides is 1. The molecule has 28 heavy (non-hydrogen) atoms. The predicted octanol–water partition coefficient (Wildman–Crippen LogP) is 2.85. The quantitative estimate of drug-likeness (QED) is 0.683. The van der Waals surface area contributed by atoms with Crippen LogP contribution in [0.15, 0.2) is 35.7 Å². The van der Waals surface area contributed by atoms with Gasteiger partial charge < -0.3 is 15.8 Å². The summed E-state index contributed by atoms with van der Waals surface area (Å²) in [6.07, 6.45) is 0.790. The van der Waals surface area contributed by atoms with Crippen molar-refractivity contribution in [2.24, 2.45) is 5.73 Å². The highest BCUT2D eigenvalue weighted by Crippen LogP contribution is 2.16. The van der Waals surface area contributed by atoms with Crippen molar-refractivity contribution < 1.29 is 9.53 Å². The molecule has 2 heterocycles. The van der Waals surface area contributed by atoms with Gasteiger partial charge in [0.25, 0.3) is 5.91 Å². The first-order valence-electron chi connectivity index (χ1n) is 9.02. The molecule has 0 saturated carbocycles. The van der Waals surface area contributed by atoms with Crippen molar-refractivity contribution in [2.75, 3.05) is 19.7 Å². The lowest BCUT2D eigenvalue weighted by Crippen LogP contribution is -2.53. The maximum Gasteiger partial charge on any atom is 0.271 e. The molecule has 9 heteroatoms. The number of carbonyl (C=O) groups excluding carboxylic acids is 1. The molecule has 3 N–H and O–H groups in total. The maximum absolute atomic E-state index is 12.5. The second-order valence-corrected chi connectivity index (χ2v) is 7.39. The molecule has 6 nitrogen and oxygen atoms in total. The van der Waals surface area contributed by atoms with E-state index in [0.29, 0.717) is 18.8 Å². The molecule has 3 rings (SSSR count). The van der Waals surface area contributed by atoms with Crippen molar-refractivity contribution in [1.29, 1.82) is 0 Å². The number of halogens is 2. The van der Waals surface area contributed by atoms with Gasteiger partial charge in [-0.05, 0) is 12.0 Å². The van der Waals surface area contributed by atoms with Gasteiger partial charge in [-0.15, -0.1) is 36.2 Å². The van der Waals surface area contributed by atoms with E-state index in [1.807, 2.05) is 6.07 Å². The van der Waals surface area contributed by atoms with Gasteiger partial charge in [-0.25, -0.2) is 4.98 Å². The average Bonchev–Trinajstić information content (AvgIpc) is 3.16. The van der Waals surface area contributed by atoms with Gasteiger partial charge in [-0.2, -0.15) is 0 Å². The SMILES string of the molecule is CCC(NC(=O)c1csc(CN)n1)C1CN(Cc2ccccc2)CCO1.Cl.Cl. The van der Waals surface area contributed by atoms with E-state index >= 15 is 0 Å². The van der Waals surface area contributed by atoms with Crippen LogP contribution >= 0.6 is 36.2 Å². The molecular weight excluding hydrogens is 419 g/mol. The van der Waals surface area contributed by atoms with Crippen LogP contribution in [0.2, 0.25) is 0 Å². The topological polar surface area (TPSA) is 80.5 Å². The average molecular weight is 447 g/mol. The third-order valence-electron chi connectivity index (χ3n) is 4.59. The molecule has 2 unspecified atom stereocenters. The Morgan fingerprint density at radius 1 is 1.39 bits per heavy atom. The molecule has 1 aliphatic rings. The molecule has 1 aliphatic heterocycles. The summed E-state index contributed by atoms with van der Waals surface area (Å²) in [5, 5.41) is 5.61.